The zero-order chi connectivity index (χ0) is 9.61. The summed E-state index contributed by atoms with van der Waals surface area (Å²) in [6, 6.07) is 0. The van der Waals surface area contributed by atoms with E-state index >= 15 is 0 Å². The molecule has 1 N–H and O–H groups in total. The number of carbonyl (C=O) groups excluding carboxylic acids is 1. The summed E-state index contributed by atoms with van der Waals surface area (Å²) in [4.78, 5) is 12.3. The molecule has 5 nitrogen and oxygen atoms in total. The maximum atomic E-state index is 11.4. The normalized spacial score (nSPS) is 10.2. The van der Waals surface area contributed by atoms with Crippen LogP contribution in [0.2, 0.25) is 0 Å². The van der Waals surface area contributed by atoms with Gasteiger partial charge in [0.25, 0.3) is 0 Å². The van der Waals surface area contributed by atoms with Gasteiger partial charge < -0.3 is 5.32 Å². The van der Waals surface area contributed by atoms with E-state index in [2.05, 4.69) is 10.0 Å². The van der Waals surface area contributed by atoms with Crippen LogP contribution in [0.5, 0.6) is 0 Å². The van der Waals surface area contributed by atoms with Gasteiger partial charge in [0.05, 0.1) is 0 Å². The molecule has 0 aliphatic heterocycles. The Morgan fingerprint density at radius 3 is 2.58 bits per heavy atom. The molecular weight excluding hydrogens is 177 g/mol. The third-order valence-corrected chi connectivity index (χ3v) is 0.818. The van der Waals surface area contributed by atoms with Gasteiger partial charge in [-0.25, -0.2) is 0 Å². The molecule has 0 saturated carbocycles. The van der Waals surface area contributed by atoms with Gasteiger partial charge in [-0.15, -0.1) is 0 Å². The molecule has 0 aliphatic rings. The SMILES string of the molecule is [N-]=[N+]=NCCNC(=O)C(F)(F)F. The van der Waals surface area contributed by atoms with Crippen LogP contribution >= 0.6 is 0 Å². The number of alkyl halides is 3. The number of azide groups is 1. The molecule has 0 atom stereocenters. The fraction of sp³-hybridized carbons (Fsp3) is 0.750. The van der Waals surface area contributed by atoms with Crippen LogP contribution in [0.1, 0.15) is 0 Å². The summed E-state index contributed by atoms with van der Waals surface area (Å²) in [5, 5.41) is 4.45. The molecule has 0 saturated heterocycles. The van der Waals surface area contributed by atoms with E-state index in [1.807, 2.05) is 0 Å². The van der Waals surface area contributed by atoms with Crippen LogP contribution in [-0.4, -0.2) is 25.2 Å². The molecule has 0 aromatic rings. The number of nitrogens with one attached hydrogen (secondary N) is 1. The van der Waals surface area contributed by atoms with E-state index in [4.69, 9.17) is 5.53 Å². The second kappa shape index (κ2) is 4.45. The molecule has 0 aromatic heterocycles. The quantitative estimate of drug-likeness (QED) is 0.300. The molecule has 0 unspecified atom stereocenters. The largest absolute Gasteiger partial charge is 0.471 e. The van der Waals surface area contributed by atoms with E-state index in [9.17, 15) is 18.0 Å². The third kappa shape index (κ3) is 4.40. The van der Waals surface area contributed by atoms with Gasteiger partial charge in [0.2, 0.25) is 0 Å². The molecule has 12 heavy (non-hydrogen) atoms. The molecule has 0 aliphatic carbocycles. The summed E-state index contributed by atoms with van der Waals surface area (Å²) in [6.07, 6.45) is -4.88. The van der Waals surface area contributed by atoms with Crippen molar-refractivity contribution in [2.45, 2.75) is 6.18 Å². The van der Waals surface area contributed by atoms with Crippen molar-refractivity contribution < 1.29 is 18.0 Å². The average molecular weight is 182 g/mol. The van der Waals surface area contributed by atoms with E-state index in [0.717, 1.165) is 0 Å². The highest BCUT2D eigenvalue weighted by atomic mass is 19.4. The summed E-state index contributed by atoms with van der Waals surface area (Å²) in [7, 11) is 0. The first-order valence-electron chi connectivity index (χ1n) is 2.84. The Kier molecular flexibility index (Phi) is 3.92. The van der Waals surface area contributed by atoms with Gasteiger partial charge in [0.1, 0.15) is 0 Å². The summed E-state index contributed by atoms with van der Waals surface area (Å²) in [5.41, 5.74) is 7.71. The van der Waals surface area contributed by atoms with Gasteiger partial charge in [-0.3, -0.25) is 4.79 Å². The van der Waals surface area contributed by atoms with Crippen molar-refractivity contribution in [1.29, 1.82) is 0 Å². The molecule has 0 aromatic carbocycles. The summed E-state index contributed by atoms with van der Waals surface area (Å²) >= 11 is 0. The highest BCUT2D eigenvalue weighted by Crippen LogP contribution is 2.13. The maximum Gasteiger partial charge on any atom is 0.471 e. The van der Waals surface area contributed by atoms with Crippen LogP contribution in [0.15, 0.2) is 5.11 Å². The van der Waals surface area contributed by atoms with Crippen LogP contribution in [0.4, 0.5) is 13.2 Å². The fourth-order valence-electron chi connectivity index (χ4n) is 0.364. The van der Waals surface area contributed by atoms with Crippen molar-refractivity contribution in [1.82, 2.24) is 5.32 Å². The van der Waals surface area contributed by atoms with Crippen LogP contribution in [0, 0.1) is 0 Å². The molecule has 8 heteroatoms. The van der Waals surface area contributed by atoms with Crippen molar-refractivity contribution in [3.8, 4) is 0 Å². The number of hydrogen-bond donors (Lipinski definition) is 1. The predicted octanol–water partition coefficient (Wildman–Crippen LogP) is 0.975. The van der Waals surface area contributed by atoms with Crippen molar-refractivity contribution in [2.24, 2.45) is 5.11 Å². The summed E-state index contributed by atoms with van der Waals surface area (Å²) in [6.45, 7) is -0.513. The molecule has 0 spiro atoms. The van der Waals surface area contributed by atoms with Crippen LogP contribution in [0.25, 0.3) is 10.4 Å². The fourth-order valence-corrected chi connectivity index (χ4v) is 0.364. The Balaban J connectivity index is 3.65. The zero-order valence-electron chi connectivity index (χ0n) is 5.80. The first-order chi connectivity index (χ1) is 5.48. The Morgan fingerprint density at radius 1 is 1.58 bits per heavy atom. The highest BCUT2D eigenvalue weighted by Gasteiger charge is 2.37. The van der Waals surface area contributed by atoms with E-state index in [-0.39, 0.29) is 13.1 Å². The third-order valence-electron chi connectivity index (χ3n) is 0.818. The van der Waals surface area contributed by atoms with Gasteiger partial charge in [0, 0.05) is 18.0 Å². The first kappa shape index (κ1) is 10.6. The Bertz CT molecular complexity index is 207. The van der Waals surface area contributed by atoms with Crippen molar-refractivity contribution >= 4 is 5.91 Å². The van der Waals surface area contributed by atoms with Crippen molar-refractivity contribution in [3.63, 3.8) is 0 Å². The molecule has 0 radical (unpaired) electrons. The Labute approximate surface area is 65.2 Å². The van der Waals surface area contributed by atoms with Crippen LogP contribution in [-0.2, 0) is 4.79 Å². The van der Waals surface area contributed by atoms with Crippen molar-refractivity contribution in [3.05, 3.63) is 10.4 Å². The molecule has 1 amide bonds. The summed E-state index contributed by atoms with van der Waals surface area (Å²) in [5.74, 6) is -2.03. The van der Waals surface area contributed by atoms with Crippen LogP contribution < -0.4 is 5.32 Å². The number of nitrogens with zero attached hydrogens (tertiary/aromatic N) is 3. The number of carbonyl (C=O) groups is 1. The summed E-state index contributed by atoms with van der Waals surface area (Å²) < 4.78 is 34.3. The van der Waals surface area contributed by atoms with Crippen LogP contribution in [0.3, 0.4) is 0 Å². The average Bonchev–Trinajstić information content (AvgIpc) is 1.96. The molecule has 0 rings (SSSR count). The van der Waals surface area contributed by atoms with E-state index in [1.165, 1.54) is 5.32 Å². The molecule has 0 heterocycles. The minimum absolute atomic E-state index is 0.196. The zero-order valence-corrected chi connectivity index (χ0v) is 5.80. The lowest BCUT2D eigenvalue weighted by Gasteiger charge is -2.05. The minimum atomic E-state index is -4.88. The second-order valence-corrected chi connectivity index (χ2v) is 1.71. The second-order valence-electron chi connectivity index (χ2n) is 1.71. The molecule has 0 bridgehead atoms. The first-order valence-corrected chi connectivity index (χ1v) is 2.84. The van der Waals surface area contributed by atoms with Gasteiger partial charge in [-0.05, 0) is 5.53 Å². The Morgan fingerprint density at radius 2 is 2.17 bits per heavy atom. The predicted molar refractivity (Wildman–Crippen MR) is 33.1 cm³/mol. The highest BCUT2D eigenvalue weighted by molar-refractivity contribution is 5.81. The minimum Gasteiger partial charge on any atom is -0.348 e. The molecule has 0 fully saturated rings. The topological polar surface area (TPSA) is 77.9 Å². The van der Waals surface area contributed by atoms with E-state index < -0.39 is 12.1 Å². The number of rotatable bonds is 3. The van der Waals surface area contributed by atoms with E-state index in [1.54, 1.807) is 0 Å². The lowest BCUT2D eigenvalue weighted by atomic mass is 10.5. The van der Waals surface area contributed by atoms with Gasteiger partial charge in [-0.2, -0.15) is 13.2 Å². The van der Waals surface area contributed by atoms with E-state index in [0.29, 0.717) is 0 Å². The molecular formula is C4H5F3N4O. The maximum absolute atomic E-state index is 11.4. The number of hydrogen-bond acceptors (Lipinski definition) is 2. The van der Waals surface area contributed by atoms with Gasteiger partial charge >= 0.3 is 12.1 Å². The number of amides is 1. The monoisotopic (exact) mass is 182 g/mol. The standard InChI is InChI=1S/C4H5F3N4O/c5-4(6,7)3(12)9-1-2-10-11-8/h1-2H2,(H,9,12). The molecule has 68 valence electrons. The smallest absolute Gasteiger partial charge is 0.348 e. The number of halogens is 3. The van der Waals surface area contributed by atoms with Gasteiger partial charge in [0.15, 0.2) is 0 Å². The van der Waals surface area contributed by atoms with Crippen molar-refractivity contribution in [2.75, 3.05) is 13.1 Å². The van der Waals surface area contributed by atoms with Gasteiger partial charge in [-0.1, -0.05) is 5.11 Å². The lowest BCUT2D eigenvalue weighted by molar-refractivity contribution is -0.173. The Hall–Kier alpha value is -1.43. The lowest BCUT2D eigenvalue weighted by Crippen LogP contribution is -2.37.